The van der Waals surface area contributed by atoms with Crippen LogP contribution in [-0.4, -0.2) is 39.6 Å². The molecular weight excluding hydrogens is 382 g/mol. The average Bonchev–Trinajstić information content (AvgIpc) is 2.96. The predicted molar refractivity (Wildman–Crippen MR) is 115 cm³/mol. The maximum absolute atomic E-state index is 13.0. The Labute approximate surface area is 173 Å². The number of carbonyl (C=O) groups is 1. The van der Waals surface area contributed by atoms with Gasteiger partial charge in [0.2, 0.25) is 0 Å². The van der Waals surface area contributed by atoms with Crippen LogP contribution in [0.5, 0.6) is 0 Å². The molecule has 154 valence electrons. The SMILES string of the molecule is C[C@H](/C=C/CCO)[C@@]1(O)C(=O)N(C)c2ccc(-n3ncc4ccccc4c3=O)cc21. The summed E-state index contributed by atoms with van der Waals surface area (Å²) in [5.41, 5.74) is -0.562. The van der Waals surface area contributed by atoms with E-state index in [1.54, 1.807) is 62.7 Å². The lowest BCUT2D eigenvalue weighted by Crippen LogP contribution is -2.43. The third-order valence-corrected chi connectivity index (χ3v) is 5.70. The van der Waals surface area contributed by atoms with Crippen LogP contribution in [0.25, 0.3) is 16.5 Å². The van der Waals surface area contributed by atoms with Crippen molar-refractivity contribution in [3.63, 3.8) is 0 Å². The van der Waals surface area contributed by atoms with Crippen molar-refractivity contribution in [2.45, 2.75) is 18.9 Å². The molecule has 7 heteroatoms. The van der Waals surface area contributed by atoms with Crippen molar-refractivity contribution in [3.05, 3.63) is 76.7 Å². The first-order chi connectivity index (χ1) is 14.4. The van der Waals surface area contributed by atoms with Crippen LogP contribution >= 0.6 is 0 Å². The van der Waals surface area contributed by atoms with E-state index >= 15 is 0 Å². The predicted octanol–water partition coefficient (Wildman–Crippen LogP) is 2.12. The van der Waals surface area contributed by atoms with Crippen LogP contribution < -0.4 is 10.5 Å². The van der Waals surface area contributed by atoms with E-state index in [2.05, 4.69) is 5.10 Å². The molecule has 0 saturated carbocycles. The molecule has 1 aliphatic heterocycles. The first-order valence-electron chi connectivity index (χ1n) is 9.79. The summed E-state index contributed by atoms with van der Waals surface area (Å²) in [6.07, 6.45) is 5.53. The molecule has 0 aliphatic carbocycles. The molecule has 2 N–H and O–H groups in total. The second-order valence-electron chi connectivity index (χ2n) is 7.51. The largest absolute Gasteiger partial charge is 0.396 e. The van der Waals surface area contributed by atoms with E-state index in [9.17, 15) is 14.7 Å². The first-order valence-corrected chi connectivity index (χ1v) is 9.79. The van der Waals surface area contributed by atoms with Crippen LogP contribution in [0.3, 0.4) is 0 Å². The minimum atomic E-state index is -1.77. The van der Waals surface area contributed by atoms with Crippen molar-refractivity contribution in [2.24, 2.45) is 5.92 Å². The van der Waals surface area contributed by atoms with Crippen molar-refractivity contribution in [2.75, 3.05) is 18.6 Å². The number of benzene rings is 2. The van der Waals surface area contributed by atoms with Gasteiger partial charge in [0.1, 0.15) is 0 Å². The van der Waals surface area contributed by atoms with Gasteiger partial charge in [0, 0.05) is 30.5 Å². The number of likely N-dealkylation sites (N-methyl/N-ethyl adjacent to an activating group) is 1. The molecule has 2 atom stereocenters. The number of anilines is 1. The van der Waals surface area contributed by atoms with Gasteiger partial charge in [-0.3, -0.25) is 9.59 Å². The zero-order valence-corrected chi connectivity index (χ0v) is 16.8. The molecule has 0 radical (unpaired) electrons. The zero-order valence-electron chi connectivity index (χ0n) is 16.8. The summed E-state index contributed by atoms with van der Waals surface area (Å²) in [6, 6.07) is 12.3. The molecule has 2 heterocycles. The van der Waals surface area contributed by atoms with Crippen molar-refractivity contribution >= 4 is 22.4 Å². The van der Waals surface area contributed by atoms with E-state index in [4.69, 9.17) is 5.11 Å². The van der Waals surface area contributed by atoms with Crippen LogP contribution in [-0.2, 0) is 10.4 Å². The number of hydrogen-bond donors (Lipinski definition) is 2. The molecule has 7 nitrogen and oxygen atoms in total. The summed E-state index contributed by atoms with van der Waals surface area (Å²) in [6.45, 7) is 1.74. The summed E-state index contributed by atoms with van der Waals surface area (Å²) in [5, 5.41) is 26.0. The lowest BCUT2D eigenvalue weighted by molar-refractivity contribution is -0.139. The lowest BCUT2D eigenvalue weighted by atomic mass is 9.82. The Bertz CT molecular complexity index is 1220. The van der Waals surface area contributed by atoms with E-state index in [0.717, 1.165) is 5.39 Å². The third-order valence-electron chi connectivity index (χ3n) is 5.70. The van der Waals surface area contributed by atoms with Gasteiger partial charge in [0.25, 0.3) is 11.5 Å². The Morgan fingerprint density at radius 3 is 2.73 bits per heavy atom. The molecule has 0 spiro atoms. The van der Waals surface area contributed by atoms with Crippen molar-refractivity contribution in [1.82, 2.24) is 9.78 Å². The van der Waals surface area contributed by atoms with Crippen molar-refractivity contribution in [1.29, 1.82) is 0 Å². The molecule has 0 unspecified atom stereocenters. The smallest absolute Gasteiger partial charge is 0.279 e. The maximum Gasteiger partial charge on any atom is 0.279 e. The minimum Gasteiger partial charge on any atom is -0.396 e. The standard InChI is InChI=1S/C23H23N3O4/c1-15(7-5-6-12-27)23(30)19-13-17(10-11-20(19)25(2)22(23)29)26-21(28)18-9-4-3-8-16(18)14-24-26/h3-5,7-11,13-15,27,30H,6,12H2,1-2H3/b7-5+/t15-,23+/m1/s1. The monoisotopic (exact) mass is 405 g/mol. The number of aliphatic hydroxyl groups excluding tert-OH is 1. The number of amides is 1. The minimum absolute atomic E-state index is 0.00716. The van der Waals surface area contributed by atoms with E-state index in [0.29, 0.717) is 28.7 Å². The van der Waals surface area contributed by atoms with Crippen molar-refractivity contribution in [3.8, 4) is 5.69 Å². The van der Waals surface area contributed by atoms with Crippen molar-refractivity contribution < 1.29 is 15.0 Å². The molecule has 4 rings (SSSR count). The van der Waals surface area contributed by atoms with E-state index in [1.807, 2.05) is 12.1 Å². The van der Waals surface area contributed by atoms with Gasteiger partial charge in [-0.05, 0) is 30.7 Å². The fourth-order valence-corrected chi connectivity index (χ4v) is 3.96. The van der Waals surface area contributed by atoms with Crippen LogP contribution in [0.2, 0.25) is 0 Å². The van der Waals surface area contributed by atoms with Gasteiger partial charge in [0.15, 0.2) is 5.60 Å². The number of aromatic nitrogens is 2. The zero-order chi connectivity index (χ0) is 21.5. The van der Waals surface area contributed by atoms with E-state index < -0.39 is 17.4 Å². The number of aliphatic hydroxyl groups is 2. The Hall–Kier alpha value is -3.29. The number of fused-ring (bicyclic) bond motifs is 2. The molecule has 1 aliphatic rings. The highest BCUT2D eigenvalue weighted by Crippen LogP contribution is 2.45. The van der Waals surface area contributed by atoms with E-state index in [-0.39, 0.29) is 12.2 Å². The number of carbonyl (C=O) groups excluding carboxylic acids is 1. The third kappa shape index (κ3) is 2.94. The average molecular weight is 405 g/mol. The second kappa shape index (κ2) is 7.51. The fourth-order valence-electron chi connectivity index (χ4n) is 3.96. The Morgan fingerprint density at radius 2 is 1.97 bits per heavy atom. The van der Waals surface area contributed by atoms with Crippen LogP contribution in [0.4, 0.5) is 5.69 Å². The summed E-state index contributed by atoms with van der Waals surface area (Å²) in [5.74, 6) is -0.966. The molecule has 1 amide bonds. The van der Waals surface area contributed by atoms with Gasteiger partial charge >= 0.3 is 0 Å². The Morgan fingerprint density at radius 1 is 1.20 bits per heavy atom. The molecule has 2 aromatic carbocycles. The summed E-state index contributed by atoms with van der Waals surface area (Å²) >= 11 is 0. The molecule has 0 bridgehead atoms. The van der Waals surface area contributed by atoms with Gasteiger partial charge in [0.05, 0.1) is 23.0 Å². The topological polar surface area (TPSA) is 95.7 Å². The first kappa shape index (κ1) is 20.0. The van der Waals surface area contributed by atoms with Gasteiger partial charge in [-0.15, -0.1) is 0 Å². The van der Waals surface area contributed by atoms with Crippen LogP contribution in [0.1, 0.15) is 18.9 Å². The molecule has 1 aromatic heterocycles. The number of rotatable bonds is 5. The number of nitrogens with zero attached hydrogens (tertiary/aromatic N) is 3. The van der Waals surface area contributed by atoms with Crippen LogP contribution in [0.15, 0.2) is 65.6 Å². The summed E-state index contributed by atoms with van der Waals surface area (Å²) < 4.78 is 1.28. The van der Waals surface area contributed by atoms with Gasteiger partial charge in [-0.1, -0.05) is 37.3 Å². The fraction of sp³-hybridized carbons (Fsp3) is 0.261. The molecular formula is C23H23N3O4. The van der Waals surface area contributed by atoms with Gasteiger partial charge in [-0.25, -0.2) is 0 Å². The highest BCUT2D eigenvalue weighted by atomic mass is 16.3. The second-order valence-corrected chi connectivity index (χ2v) is 7.51. The van der Waals surface area contributed by atoms with Gasteiger partial charge < -0.3 is 15.1 Å². The highest BCUT2D eigenvalue weighted by Gasteiger charge is 2.51. The Kier molecular flexibility index (Phi) is 5.01. The van der Waals surface area contributed by atoms with Crippen LogP contribution in [0, 0.1) is 5.92 Å². The summed E-state index contributed by atoms with van der Waals surface area (Å²) in [4.78, 5) is 27.3. The molecule has 0 fully saturated rings. The lowest BCUT2D eigenvalue weighted by Gasteiger charge is -2.27. The maximum atomic E-state index is 13.0. The summed E-state index contributed by atoms with van der Waals surface area (Å²) in [7, 11) is 1.61. The molecule has 0 saturated heterocycles. The normalized spacial score (nSPS) is 19.6. The highest BCUT2D eigenvalue weighted by molar-refractivity contribution is 6.07. The quantitative estimate of drug-likeness (QED) is 0.634. The molecule has 30 heavy (non-hydrogen) atoms. The Balaban J connectivity index is 1.85. The number of hydrogen-bond acceptors (Lipinski definition) is 5. The van der Waals surface area contributed by atoms with E-state index in [1.165, 1.54) is 9.58 Å². The van der Waals surface area contributed by atoms with Gasteiger partial charge in [-0.2, -0.15) is 9.78 Å². The molecule has 3 aromatic rings.